The summed E-state index contributed by atoms with van der Waals surface area (Å²) in [5, 5.41) is 3.06. The van der Waals surface area contributed by atoms with Gasteiger partial charge in [-0.15, -0.1) is 0 Å². The van der Waals surface area contributed by atoms with Crippen molar-refractivity contribution in [3.05, 3.63) is 12.2 Å². The molecule has 0 aromatic heterocycles. The molecule has 2 atom stereocenters. The molecule has 0 aromatic rings. The van der Waals surface area contributed by atoms with E-state index >= 15 is 0 Å². The standard InChI is InChI=1S/C14H26N2O/c1-11(2)8-13(9-15)14(17)16-10-12-6-4-3-5-7-12/h3-4,11-13H,5-10,15H2,1-2H3,(H,16,17). The molecule has 3 N–H and O–H groups in total. The molecule has 2 unspecified atom stereocenters. The summed E-state index contributed by atoms with van der Waals surface area (Å²) in [4.78, 5) is 11.9. The second kappa shape index (κ2) is 7.49. The van der Waals surface area contributed by atoms with Crippen LogP contribution in [-0.4, -0.2) is 19.0 Å². The zero-order valence-corrected chi connectivity index (χ0v) is 11.1. The van der Waals surface area contributed by atoms with Crippen molar-refractivity contribution >= 4 is 5.91 Å². The Balaban J connectivity index is 2.29. The van der Waals surface area contributed by atoms with E-state index in [0.29, 0.717) is 18.4 Å². The summed E-state index contributed by atoms with van der Waals surface area (Å²) in [6.07, 6.45) is 8.75. The molecule has 0 saturated heterocycles. The van der Waals surface area contributed by atoms with Crippen LogP contribution in [0.15, 0.2) is 12.2 Å². The average Bonchev–Trinajstić information content (AvgIpc) is 2.34. The average molecular weight is 238 g/mol. The van der Waals surface area contributed by atoms with Crippen LogP contribution in [0.25, 0.3) is 0 Å². The van der Waals surface area contributed by atoms with Crippen LogP contribution in [0.2, 0.25) is 0 Å². The van der Waals surface area contributed by atoms with E-state index in [2.05, 4.69) is 31.3 Å². The molecule has 0 aromatic carbocycles. The second-order valence-electron chi connectivity index (χ2n) is 5.46. The van der Waals surface area contributed by atoms with Crippen LogP contribution in [-0.2, 0) is 4.79 Å². The van der Waals surface area contributed by atoms with Gasteiger partial charge in [-0.05, 0) is 37.5 Å². The Morgan fingerprint density at radius 3 is 2.76 bits per heavy atom. The van der Waals surface area contributed by atoms with Gasteiger partial charge in [0.25, 0.3) is 0 Å². The number of amides is 1. The first kappa shape index (κ1) is 14.2. The number of hydrogen-bond acceptors (Lipinski definition) is 2. The normalized spacial score (nSPS) is 21.5. The number of nitrogens with one attached hydrogen (secondary N) is 1. The highest BCUT2D eigenvalue weighted by molar-refractivity contribution is 5.78. The Morgan fingerprint density at radius 1 is 1.47 bits per heavy atom. The second-order valence-corrected chi connectivity index (χ2v) is 5.46. The molecule has 98 valence electrons. The first-order valence-electron chi connectivity index (χ1n) is 6.76. The first-order valence-corrected chi connectivity index (χ1v) is 6.76. The molecule has 0 aliphatic heterocycles. The highest BCUT2D eigenvalue weighted by atomic mass is 16.1. The lowest BCUT2D eigenvalue weighted by molar-refractivity contribution is -0.125. The smallest absolute Gasteiger partial charge is 0.224 e. The van der Waals surface area contributed by atoms with Gasteiger partial charge in [0.15, 0.2) is 0 Å². The lowest BCUT2D eigenvalue weighted by atomic mass is 9.93. The Morgan fingerprint density at radius 2 is 2.24 bits per heavy atom. The number of carbonyl (C=O) groups is 1. The van der Waals surface area contributed by atoms with Gasteiger partial charge in [-0.1, -0.05) is 26.0 Å². The van der Waals surface area contributed by atoms with Crippen LogP contribution in [0.5, 0.6) is 0 Å². The van der Waals surface area contributed by atoms with Crippen LogP contribution in [0.1, 0.15) is 39.5 Å². The molecule has 1 rings (SSSR count). The van der Waals surface area contributed by atoms with Gasteiger partial charge in [-0.2, -0.15) is 0 Å². The molecule has 3 nitrogen and oxygen atoms in total. The molecule has 3 heteroatoms. The number of allylic oxidation sites excluding steroid dienone is 2. The van der Waals surface area contributed by atoms with Crippen molar-refractivity contribution in [2.24, 2.45) is 23.5 Å². The van der Waals surface area contributed by atoms with Crippen LogP contribution in [0, 0.1) is 17.8 Å². The first-order chi connectivity index (χ1) is 8.13. The fraction of sp³-hybridized carbons (Fsp3) is 0.786. The zero-order valence-electron chi connectivity index (χ0n) is 11.1. The van der Waals surface area contributed by atoms with Gasteiger partial charge in [-0.3, -0.25) is 4.79 Å². The molecule has 0 bridgehead atoms. The Kier molecular flexibility index (Phi) is 6.27. The molecule has 0 fully saturated rings. The van der Waals surface area contributed by atoms with E-state index in [0.717, 1.165) is 25.8 Å². The molecule has 1 aliphatic carbocycles. The van der Waals surface area contributed by atoms with Crippen LogP contribution in [0.3, 0.4) is 0 Å². The number of rotatable bonds is 6. The Labute approximate surface area is 105 Å². The van der Waals surface area contributed by atoms with E-state index in [9.17, 15) is 4.79 Å². The van der Waals surface area contributed by atoms with Crippen molar-refractivity contribution in [2.75, 3.05) is 13.1 Å². The largest absolute Gasteiger partial charge is 0.356 e. The van der Waals surface area contributed by atoms with Gasteiger partial charge in [0.2, 0.25) is 5.91 Å². The summed E-state index contributed by atoms with van der Waals surface area (Å²) in [7, 11) is 0. The minimum absolute atomic E-state index is 0.0193. The molecule has 1 amide bonds. The van der Waals surface area contributed by atoms with Gasteiger partial charge in [0, 0.05) is 13.1 Å². The lowest BCUT2D eigenvalue weighted by Crippen LogP contribution is -2.38. The maximum absolute atomic E-state index is 11.9. The minimum atomic E-state index is -0.0193. The SMILES string of the molecule is CC(C)CC(CN)C(=O)NCC1CC=CCC1. The molecule has 17 heavy (non-hydrogen) atoms. The van der Waals surface area contributed by atoms with Gasteiger partial charge in [-0.25, -0.2) is 0 Å². The quantitative estimate of drug-likeness (QED) is 0.696. The molecule has 1 aliphatic rings. The number of nitrogens with two attached hydrogens (primary N) is 1. The van der Waals surface area contributed by atoms with Crippen LogP contribution >= 0.6 is 0 Å². The summed E-state index contributed by atoms with van der Waals surface area (Å²) in [6.45, 7) is 5.51. The maximum Gasteiger partial charge on any atom is 0.224 e. The van der Waals surface area contributed by atoms with Crippen molar-refractivity contribution in [1.82, 2.24) is 5.32 Å². The zero-order chi connectivity index (χ0) is 12.7. The minimum Gasteiger partial charge on any atom is -0.356 e. The Bertz CT molecular complexity index is 261. The monoisotopic (exact) mass is 238 g/mol. The molecule has 0 radical (unpaired) electrons. The van der Waals surface area contributed by atoms with E-state index in [4.69, 9.17) is 5.73 Å². The van der Waals surface area contributed by atoms with E-state index in [1.165, 1.54) is 6.42 Å². The van der Waals surface area contributed by atoms with Crippen molar-refractivity contribution in [2.45, 2.75) is 39.5 Å². The molecule has 0 heterocycles. The van der Waals surface area contributed by atoms with E-state index in [1.54, 1.807) is 0 Å². The van der Waals surface area contributed by atoms with E-state index < -0.39 is 0 Å². The highest BCUT2D eigenvalue weighted by Gasteiger charge is 2.19. The van der Waals surface area contributed by atoms with Gasteiger partial charge in [0.1, 0.15) is 0 Å². The lowest BCUT2D eigenvalue weighted by Gasteiger charge is -2.21. The predicted molar refractivity (Wildman–Crippen MR) is 71.5 cm³/mol. The van der Waals surface area contributed by atoms with E-state index in [-0.39, 0.29) is 11.8 Å². The molecule has 0 spiro atoms. The van der Waals surface area contributed by atoms with Crippen molar-refractivity contribution in [1.29, 1.82) is 0 Å². The van der Waals surface area contributed by atoms with Gasteiger partial charge < -0.3 is 11.1 Å². The summed E-state index contributed by atoms with van der Waals surface area (Å²) in [5.41, 5.74) is 5.66. The van der Waals surface area contributed by atoms with Crippen molar-refractivity contribution in [3.63, 3.8) is 0 Å². The van der Waals surface area contributed by atoms with Crippen LogP contribution in [0.4, 0.5) is 0 Å². The van der Waals surface area contributed by atoms with Crippen molar-refractivity contribution < 1.29 is 4.79 Å². The number of carbonyl (C=O) groups excluding carboxylic acids is 1. The third-order valence-corrected chi connectivity index (χ3v) is 3.35. The third kappa shape index (κ3) is 5.35. The fourth-order valence-corrected chi connectivity index (χ4v) is 2.31. The maximum atomic E-state index is 11.9. The molecular weight excluding hydrogens is 212 g/mol. The highest BCUT2D eigenvalue weighted by Crippen LogP contribution is 2.17. The summed E-state index contributed by atoms with van der Waals surface area (Å²) in [5.74, 6) is 1.25. The summed E-state index contributed by atoms with van der Waals surface area (Å²) >= 11 is 0. The summed E-state index contributed by atoms with van der Waals surface area (Å²) in [6, 6.07) is 0. The van der Waals surface area contributed by atoms with Gasteiger partial charge in [0.05, 0.1) is 5.92 Å². The van der Waals surface area contributed by atoms with Gasteiger partial charge >= 0.3 is 0 Å². The third-order valence-electron chi connectivity index (χ3n) is 3.35. The van der Waals surface area contributed by atoms with E-state index in [1.807, 2.05) is 0 Å². The fourth-order valence-electron chi connectivity index (χ4n) is 2.31. The number of hydrogen-bond donors (Lipinski definition) is 2. The van der Waals surface area contributed by atoms with Crippen molar-refractivity contribution in [3.8, 4) is 0 Å². The topological polar surface area (TPSA) is 55.1 Å². The Hall–Kier alpha value is -0.830. The predicted octanol–water partition coefficient (Wildman–Crippen LogP) is 2.08. The summed E-state index contributed by atoms with van der Waals surface area (Å²) < 4.78 is 0. The molecule has 0 saturated carbocycles. The van der Waals surface area contributed by atoms with Crippen LogP contribution < -0.4 is 11.1 Å². The molecular formula is C14H26N2O.